The summed E-state index contributed by atoms with van der Waals surface area (Å²) in [6.07, 6.45) is 4.70. The second-order valence-corrected chi connectivity index (χ2v) is 7.59. The highest BCUT2D eigenvalue weighted by Crippen LogP contribution is 2.23. The van der Waals surface area contributed by atoms with Gasteiger partial charge in [-0.25, -0.2) is 4.98 Å². The number of hydrogen-bond acceptors (Lipinski definition) is 6. The summed E-state index contributed by atoms with van der Waals surface area (Å²) in [6.45, 7) is 2.64. The smallest absolute Gasteiger partial charge is 0.261 e. The molecule has 3 aromatic rings. The minimum absolute atomic E-state index is 0.00924. The quantitative estimate of drug-likeness (QED) is 0.664. The van der Waals surface area contributed by atoms with E-state index >= 15 is 0 Å². The molecule has 0 N–H and O–H groups in total. The van der Waals surface area contributed by atoms with Crippen LogP contribution in [0.2, 0.25) is 0 Å². The monoisotopic (exact) mass is 390 g/mol. The Bertz CT molecular complexity index is 1130. The number of rotatable bonds is 3. The van der Waals surface area contributed by atoms with Gasteiger partial charge in [-0.2, -0.15) is 5.10 Å². The second-order valence-electron chi connectivity index (χ2n) is 7.59. The predicted octanol–water partition coefficient (Wildman–Crippen LogP) is 1.02. The average molecular weight is 390 g/mol. The van der Waals surface area contributed by atoms with Gasteiger partial charge in [-0.05, 0) is 43.0 Å². The molecule has 3 heterocycles. The zero-order chi connectivity index (χ0) is 19.8. The lowest BCUT2D eigenvalue weighted by molar-refractivity contribution is -0.132. The summed E-state index contributed by atoms with van der Waals surface area (Å²) in [5.41, 5.74) is 2.88. The van der Waals surface area contributed by atoms with E-state index in [4.69, 9.17) is 0 Å². The zero-order valence-corrected chi connectivity index (χ0v) is 16.1. The van der Waals surface area contributed by atoms with E-state index in [-0.39, 0.29) is 18.0 Å². The normalized spacial score (nSPS) is 16.3. The van der Waals surface area contributed by atoms with Crippen molar-refractivity contribution in [1.29, 1.82) is 0 Å². The van der Waals surface area contributed by atoms with E-state index in [1.807, 2.05) is 6.07 Å². The van der Waals surface area contributed by atoms with Gasteiger partial charge in [0.2, 0.25) is 5.91 Å². The number of hydrogen-bond donors (Lipinski definition) is 0. The van der Waals surface area contributed by atoms with Crippen molar-refractivity contribution in [3.05, 3.63) is 58.3 Å². The number of nitrogens with zero attached hydrogens (tertiary/aromatic N) is 6. The van der Waals surface area contributed by atoms with Gasteiger partial charge in [0.25, 0.3) is 5.56 Å². The van der Waals surface area contributed by atoms with E-state index in [2.05, 4.69) is 26.1 Å². The van der Waals surface area contributed by atoms with Crippen molar-refractivity contribution in [2.24, 2.45) is 0 Å². The highest BCUT2D eigenvalue weighted by Gasteiger charge is 2.24. The van der Waals surface area contributed by atoms with E-state index in [1.54, 1.807) is 23.1 Å². The SMILES string of the molecule is O=C(Cn1cnc2ccccc2c1=O)N1CCN(c2cc3c(nn2)CCC3)CC1. The average Bonchev–Trinajstić information content (AvgIpc) is 3.24. The number of aryl methyl sites for hydroxylation is 2. The molecule has 29 heavy (non-hydrogen) atoms. The fourth-order valence-corrected chi connectivity index (χ4v) is 4.12. The summed E-state index contributed by atoms with van der Waals surface area (Å²) < 4.78 is 1.39. The van der Waals surface area contributed by atoms with Crippen molar-refractivity contribution in [3.8, 4) is 0 Å². The van der Waals surface area contributed by atoms with Crippen LogP contribution < -0.4 is 10.5 Å². The van der Waals surface area contributed by atoms with Crippen LogP contribution in [0.3, 0.4) is 0 Å². The van der Waals surface area contributed by atoms with Gasteiger partial charge in [0, 0.05) is 26.2 Å². The lowest BCUT2D eigenvalue weighted by atomic mass is 10.2. The Morgan fingerprint density at radius 1 is 1.03 bits per heavy atom. The van der Waals surface area contributed by atoms with Gasteiger partial charge in [-0.1, -0.05) is 12.1 Å². The summed E-state index contributed by atoms with van der Waals surface area (Å²) in [6, 6.07) is 9.33. The van der Waals surface area contributed by atoms with E-state index < -0.39 is 0 Å². The van der Waals surface area contributed by atoms with Gasteiger partial charge in [0.1, 0.15) is 6.54 Å². The molecular weight excluding hydrogens is 368 g/mol. The minimum atomic E-state index is -0.184. The van der Waals surface area contributed by atoms with Crippen molar-refractivity contribution in [2.45, 2.75) is 25.8 Å². The number of anilines is 1. The summed E-state index contributed by atoms with van der Waals surface area (Å²) >= 11 is 0. The Labute approximate surface area is 167 Å². The first kappa shape index (κ1) is 17.8. The summed E-state index contributed by atoms with van der Waals surface area (Å²) in [5.74, 6) is 0.830. The van der Waals surface area contributed by atoms with E-state index in [0.29, 0.717) is 37.1 Å². The Balaban J connectivity index is 1.25. The highest BCUT2D eigenvalue weighted by atomic mass is 16.2. The molecule has 0 unspecified atom stereocenters. The number of piperazine rings is 1. The molecule has 1 amide bonds. The van der Waals surface area contributed by atoms with E-state index in [9.17, 15) is 9.59 Å². The van der Waals surface area contributed by atoms with Crippen molar-refractivity contribution in [3.63, 3.8) is 0 Å². The molecule has 148 valence electrons. The van der Waals surface area contributed by atoms with Crippen LogP contribution in [-0.4, -0.2) is 56.7 Å². The maximum absolute atomic E-state index is 12.7. The first-order valence-electron chi connectivity index (χ1n) is 10.0. The minimum Gasteiger partial charge on any atom is -0.352 e. The van der Waals surface area contributed by atoms with Crippen LogP contribution >= 0.6 is 0 Å². The van der Waals surface area contributed by atoms with Crippen LogP contribution in [-0.2, 0) is 24.2 Å². The molecule has 2 aromatic heterocycles. The first-order valence-corrected chi connectivity index (χ1v) is 10.0. The molecule has 8 nitrogen and oxygen atoms in total. The zero-order valence-electron chi connectivity index (χ0n) is 16.1. The molecule has 1 fully saturated rings. The molecule has 1 aliphatic heterocycles. The summed E-state index contributed by atoms with van der Waals surface area (Å²) in [7, 11) is 0. The largest absolute Gasteiger partial charge is 0.352 e. The number of aromatic nitrogens is 4. The van der Waals surface area contributed by atoms with Gasteiger partial charge < -0.3 is 9.80 Å². The van der Waals surface area contributed by atoms with Crippen LogP contribution in [0, 0.1) is 0 Å². The number of benzene rings is 1. The molecule has 0 bridgehead atoms. The predicted molar refractivity (Wildman–Crippen MR) is 109 cm³/mol. The maximum atomic E-state index is 12.7. The molecule has 1 saturated heterocycles. The number of para-hydroxylation sites is 1. The third kappa shape index (κ3) is 3.35. The Hall–Kier alpha value is -3.29. The molecule has 0 saturated carbocycles. The van der Waals surface area contributed by atoms with Gasteiger partial charge in [-0.15, -0.1) is 5.10 Å². The van der Waals surface area contributed by atoms with Gasteiger partial charge in [0.05, 0.1) is 22.9 Å². The molecule has 2 aliphatic rings. The molecule has 0 spiro atoms. The van der Waals surface area contributed by atoms with Crippen LogP contribution in [0.15, 0.2) is 41.5 Å². The van der Waals surface area contributed by atoms with Crippen molar-refractivity contribution >= 4 is 22.6 Å². The summed E-state index contributed by atoms with van der Waals surface area (Å²) in [5, 5.41) is 9.26. The van der Waals surface area contributed by atoms with Crippen LogP contribution in [0.5, 0.6) is 0 Å². The van der Waals surface area contributed by atoms with E-state index in [1.165, 1.54) is 16.5 Å². The van der Waals surface area contributed by atoms with Gasteiger partial charge in [-0.3, -0.25) is 14.2 Å². The Morgan fingerprint density at radius 2 is 1.86 bits per heavy atom. The number of amides is 1. The lowest BCUT2D eigenvalue weighted by Crippen LogP contribution is -2.50. The van der Waals surface area contributed by atoms with Crippen LogP contribution in [0.25, 0.3) is 10.9 Å². The molecular formula is C21H22N6O2. The number of carbonyl (C=O) groups is 1. The first-order chi connectivity index (χ1) is 14.2. The summed E-state index contributed by atoms with van der Waals surface area (Å²) in [4.78, 5) is 33.6. The van der Waals surface area contributed by atoms with Gasteiger partial charge in [0.15, 0.2) is 5.82 Å². The second kappa shape index (κ2) is 7.27. The molecule has 8 heteroatoms. The fourth-order valence-electron chi connectivity index (χ4n) is 4.12. The third-order valence-corrected chi connectivity index (χ3v) is 5.80. The lowest BCUT2D eigenvalue weighted by Gasteiger charge is -2.35. The van der Waals surface area contributed by atoms with Crippen LogP contribution in [0.4, 0.5) is 5.82 Å². The maximum Gasteiger partial charge on any atom is 0.261 e. The Morgan fingerprint density at radius 3 is 2.72 bits per heavy atom. The fraction of sp³-hybridized carbons (Fsp3) is 0.381. The Kier molecular flexibility index (Phi) is 4.46. The highest BCUT2D eigenvalue weighted by molar-refractivity contribution is 5.79. The standard InChI is InChI=1S/C21H22N6O2/c28-20(13-27-14-22-18-6-2-1-5-16(18)21(27)29)26-10-8-25(9-11-26)19-12-15-4-3-7-17(15)23-24-19/h1-2,5-6,12,14H,3-4,7-11,13H2. The molecule has 1 aliphatic carbocycles. The van der Waals surface area contributed by atoms with Crippen LogP contribution in [0.1, 0.15) is 17.7 Å². The topological polar surface area (TPSA) is 84.2 Å². The third-order valence-electron chi connectivity index (χ3n) is 5.80. The molecule has 0 radical (unpaired) electrons. The molecule has 5 rings (SSSR count). The van der Waals surface area contributed by atoms with Gasteiger partial charge >= 0.3 is 0 Å². The van der Waals surface area contributed by atoms with Crippen molar-refractivity contribution in [1.82, 2.24) is 24.6 Å². The molecule has 1 aromatic carbocycles. The van der Waals surface area contributed by atoms with Crippen molar-refractivity contribution in [2.75, 3.05) is 31.1 Å². The number of carbonyl (C=O) groups excluding carboxylic acids is 1. The molecule has 0 atom stereocenters. The number of fused-ring (bicyclic) bond motifs is 2. The van der Waals surface area contributed by atoms with E-state index in [0.717, 1.165) is 30.8 Å². The van der Waals surface area contributed by atoms with Crippen molar-refractivity contribution < 1.29 is 4.79 Å².